The molecule has 9 heteroatoms. The molecule has 0 bridgehead atoms. The third kappa shape index (κ3) is 8.80. The molecule has 2 unspecified atom stereocenters. The van der Waals surface area contributed by atoms with Crippen LogP contribution in [0.5, 0.6) is 0 Å². The molecular formula is C17H21KO6PS+. The van der Waals surface area contributed by atoms with Gasteiger partial charge >= 0.3 is 59.6 Å². The number of hydrogen-bond donors (Lipinski definition) is 2. The molecule has 0 aliphatic rings. The maximum atomic E-state index is 11.2. The summed E-state index contributed by atoms with van der Waals surface area (Å²) in [6.45, 7) is 0. The van der Waals surface area contributed by atoms with Gasteiger partial charge in [0.05, 0.1) is 0 Å². The summed E-state index contributed by atoms with van der Waals surface area (Å²) in [5.74, 6) is 0. The summed E-state index contributed by atoms with van der Waals surface area (Å²) in [5.41, 5.74) is 1.68. The second-order valence-corrected chi connectivity index (χ2v) is 7.90. The zero-order valence-electron chi connectivity index (χ0n) is 15.5. The van der Waals surface area contributed by atoms with E-state index in [1.807, 2.05) is 42.5 Å². The smallest absolute Gasteiger partial charge is 1.00 e. The standard InChI is InChI=1S/C17H19O6PS.K.H/c18-24(19)23-17(25(20,21)22)11-5-9-15-8-4-10-16(13-15)12-14-6-2-1-3-7-14;;/h1-4,6-8,10,13,17H,5,9,11-12H2,(H-,18,19,20,21,22);;/q;+1;-1/p+1. The number of aryl methyl sites for hydroxylation is 1. The minimum absolute atomic E-state index is 0. The minimum Gasteiger partial charge on any atom is -1.00 e. The molecule has 0 aromatic heterocycles. The van der Waals surface area contributed by atoms with Gasteiger partial charge in [-0.3, -0.25) is 4.55 Å². The molecule has 26 heavy (non-hydrogen) atoms. The first-order chi connectivity index (χ1) is 11.8. The van der Waals surface area contributed by atoms with Gasteiger partial charge in [-0.1, -0.05) is 59.1 Å². The molecule has 0 saturated heterocycles. The first kappa shape index (κ1) is 24.0. The molecule has 0 spiro atoms. The zero-order valence-corrected chi connectivity index (χ0v) is 19.3. The van der Waals surface area contributed by atoms with E-state index in [4.69, 9.17) is 9.45 Å². The number of rotatable bonds is 9. The maximum absolute atomic E-state index is 11.2. The van der Waals surface area contributed by atoms with E-state index in [1.54, 1.807) is 0 Å². The van der Waals surface area contributed by atoms with Crippen molar-refractivity contribution in [2.24, 2.45) is 0 Å². The molecule has 2 N–H and O–H groups in total. The van der Waals surface area contributed by atoms with Crippen molar-refractivity contribution >= 4 is 18.4 Å². The van der Waals surface area contributed by atoms with Gasteiger partial charge in [0.2, 0.25) is 5.44 Å². The van der Waals surface area contributed by atoms with Crippen LogP contribution >= 0.6 is 8.25 Å². The Morgan fingerprint density at radius 2 is 1.65 bits per heavy atom. The third-order valence-electron chi connectivity index (χ3n) is 3.69. The van der Waals surface area contributed by atoms with Crippen LogP contribution in [0.1, 0.15) is 31.0 Å². The fourth-order valence-corrected chi connectivity index (χ4v) is 3.98. The van der Waals surface area contributed by atoms with Crippen molar-refractivity contribution in [3.8, 4) is 0 Å². The van der Waals surface area contributed by atoms with Crippen LogP contribution in [0, 0.1) is 0 Å². The van der Waals surface area contributed by atoms with Crippen molar-refractivity contribution in [2.75, 3.05) is 0 Å². The number of benzene rings is 2. The van der Waals surface area contributed by atoms with Crippen molar-refractivity contribution in [1.82, 2.24) is 0 Å². The molecule has 0 amide bonds. The van der Waals surface area contributed by atoms with E-state index >= 15 is 0 Å². The molecule has 0 fully saturated rings. The van der Waals surface area contributed by atoms with Gasteiger partial charge in [-0.2, -0.15) is 8.42 Å². The van der Waals surface area contributed by atoms with Crippen molar-refractivity contribution in [2.45, 2.75) is 31.1 Å². The summed E-state index contributed by atoms with van der Waals surface area (Å²) in [5, 5.41) is 0. The molecule has 136 valence electrons. The molecule has 0 radical (unpaired) electrons. The molecule has 6 nitrogen and oxygen atoms in total. The Balaban J connectivity index is 0.00000338. The number of hydrogen-bond acceptors (Lipinski definition) is 4. The van der Waals surface area contributed by atoms with Crippen LogP contribution < -0.4 is 51.4 Å². The molecule has 2 aromatic carbocycles. The molecule has 2 rings (SSSR count). The average Bonchev–Trinajstić information content (AvgIpc) is 2.54. The van der Waals surface area contributed by atoms with Crippen molar-refractivity contribution in [1.29, 1.82) is 0 Å². The topological polar surface area (TPSA) is 101 Å². The van der Waals surface area contributed by atoms with Gasteiger partial charge in [0.15, 0.2) is 0 Å². The zero-order chi connectivity index (χ0) is 18.3. The summed E-state index contributed by atoms with van der Waals surface area (Å²) in [6, 6.07) is 18.0. The van der Waals surface area contributed by atoms with Crippen molar-refractivity contribution in [3.63, 3.8) is 0 Å². The van der Waals surface area contributed by atoms with E-state index in [-0.39, 0.29) is 59.2 Å². The van der Waals surface area contributed by atoms with E-state index in [1.165, 1.54) is 5.56 Å². The summed E-state index contributed by atoms with van der Waals surface area (Å²) in [6.07, 6.45) is 1.70. The monoisotopic (exact) mass is 423 g/mol. The van der Waals surface area contributed by atoms with Crippen LogP contribution in [0.15, 0.2) is 54.6 Å². The van der Waals surface area contributed by atoms with Crippen LogP contribution in [0.2, 0.25) is 0 Å². The van der Waals surface area contributed by atoms with Crippen LogP contribution in [-0.4, -0.2) is 23.3 Å². The van der Waals surface area contributed by atoms with E-state index in [2.05, 4.69) is 16.7 Å². The van der Waals surface area contributed by atoms with Gasteiger partial charge in [0.25, 0.3) is 10.1 Å². The van der Waals surface area contributed by atoms with E-state index < -0.39 is 23.8 Å². The first-order valence-corrected chi connectivity index (χ1v) is 10.4. The fraction of sp³-hybridized carbons (Fsp3) is 0.294. The summed E-state index contributed by atoms with van der Waals surface area (Å²) < 4.78 is 46.4. The molecular weight excluding hydrogens is 402 g/mol. The Kier molecular flexibility index (Phi) is 10.9. The van der Waals surface area contributed by atoms with E-state index in [0.29, 0.717) is 12.8 Å². The minimum atomic E-state index is -4.53. The van der Waals surface area contributed by atoms with Gasteiger partial charge in [-0.25, -0.2) is 0 Å². The van der Waals surface area contributed by atoms with Crippen molar-refractivity contribution < 1.29 is 79.8 Å². The predicted molar refractivity (Wildman–Crippen MR) is 96.0 cm³/mol. The van der Waals surface area contributed by atoms with Gasteiger partial charge in [0.1, 0.15) is 0 Å². The third-order valence-corrected chi connectivity index (χ3v) is 5.26. The first-order valence-electron chi connectivity index (χ1n) is 7.75. The largest absolute Gasteiger partial charge is 1.00 e. The van der Waals surface area contributed by atoms with Crippen LogP contribution in [0.4, 0.5) is 0 Å². The summed E-state index contributed by atoms with van der Waals surface area (Å²) >= 11 is 0. The Hall–Kier alpha value is 0.00636. The second-order valence-electron chi connectivity index (χ2n) is 5.66. The molecule has 0 aliphatic carbocycles. The Morgan fingerprint density at radius 1 is 1.04 bits per heavy atom. The SMILES string of the molecule is O=[P+](O)OC(CCCc1cccc(Cc2ccccc2)c1)S(=O)(=O)O.[H-].[K+]. The quantitative estimate of drug-likeness (QED) is 0.348. The summed E-state index contributed by atoms with van der Waals surface area (Å²) in [4.78, 5) is 8.69. The second kappa shape index (κ2) is 11.8. The van der Waals surface area contributed by atoms with Gasteiger partial charge in [-0.05, 0) is 42.4 Å². The summed E-state index contributed by atoms with van der Waals surface area (Å²) in [7, 11) is -7.63. The van der Waals surface area contributed by atoms with Crippen LogP contribution in [0.3, 0.4) is 0 Å². The van der Waals surface area contributed by atoms with Crippen LogP contribution in [-0.2, 0) is 32.0 Å². The normalized spacial score (nSPS) is 12.9. The average molecular weight is 423 g/mol. The van der Waals surface area contributed by atoms with Crippen molar-refractivity contribution in [3.05, 3.63) is 71.3 Å². The maximum Gasteiger partial charge on any atom is 1.00 e. The fourth-order valence-electron chi connectivity index (χ4n) is 2.56. The van der Waals surface area contributed by atoms with E-state index in [9.17, 15) is 13.0 Å². The molecule has 2 aromatic rings. The Morgan fingerprint density at radius 3 is 2.27 bits per heavy atom. The van der Waals surface area contributed by atoms with Gasteiger partial charge in [-0.15, -0.1) is 4.89 Å². The van der Waals surface area contributed by atoms with Gasteiger partial charge in [0, 0.05) is 4.57 Å². The molecule has 0 aliphatic heterocycles. The van der Waals surface area contributed by atoms with Gasteiger partial charge < -0.3 is 1.43 Å². The Labute approximate surface area is 198 Å². The Bertz CT molecular complexity index is 819. The van der Waals surface area contributed by atoms with E-state index in [0.717, 1.165) is 17.5 Å². The molecule has 0 heterocycles. The van der Waals surface area contributed by atoms with Crippen LogP contribution in [0.25, 0.3) is 0 Å². The molecule has 0 saturated carbocycles. The molecule has 2 atom stereocenters. The predicted octanol–water partition coefficient (Wildman–Crippen LogP) is 0.597.